The van der Waals surface area contributed by atoms with Crippen molar-refractivity contribution in [2.45, 2.75) is 20.4 Å². The van der Waals surface area contributed by atoms with E-state index in [2.05, 4.69) is 5.43 Å². The molecule has 0 bridgehead atoms. The zero-order valence-electron chi connectivity index (χ0n) is 10.4. The van der Waals surface area contributed by atoms with Gasteiger partial charge in [0.05, 0.1) is 5.52 Å². The number of benzene rings is 1. The van der Waals surface area contributed by atoms with E-state index in [1.54, 1.807) is 10.8 Å². The molecule has 0 radical (unpaired) electrons. The molecule has 2 rings (SSSR count). The van der Waals surface area contributed by atoms with Gasteiger partial charge in [-0.1, -0.05) is 6.07 Å². The third-order valence-electron chi connectivity index (χ3n) is 2.90. The van der Waals surface area contributed by atoms with E-state index in [0.717, 1.165) is 16.6 Å². The topological polar surface area (TPSA) is 77.1 Å². The van der Waals surface area contributed by atoms with E-state index in [-0.39, 0.29) is 17.9 Å². The highest BCUT2D eigenvalue weighted by molar-refractivity contribution is 5.85. The van der Waals surface area contributed by atoms with E-state index in [1.807, 2.05) is 26.0 Å². The summed E-state index contributed by atoms with van der Waals surface area (Å²) in [6.07, 6.45) is 1.61. The fourth-order valence-electron chi connectivity index (χ4n) is 2.15. The van der Waals surface area contributed by atoms with Crippen LogP contribution in [0.15, 0.2) is 29.2 Å². The van der Waals surface area contributed by atoms with Gasteiger partial charge in [-0.3, -0.25) is 15.0 Å². The molecule has 0 aliphatic rings. The fraction of sp³-hybridized carbons (Fsp3) is 0.231. The van der Waals surface area contributed by atoms with Crippen molar-refractivity contribution in [1.82, 2.24) is 9.99 Å². The zero-order chi connectivity index (χ0) is 13.3. The van der Waals surface area contributed by atoms with Crippen molar-refractivity contribution in [1.29, 1.82) is 0 Å². The molecular formula is C13H15N3O2. The predicted molar refractivity (Wildman–Crippen MR) is 70.0 cm³/mol. The molecule has 0 fully saturated rings. The molecule has 0 aliphatic heterocycles. The highest BCUT2D eigenvalue weighted by atomic mass is 16.2. The first-order chi connectivity index (χ1) is 8.52. The molecule has 0 aliphatic carbocycles. The minimum absolute atomic E-state index is 0.0353. The molecule has 0 unspecified atom stereocenters. The van der Waals surface area contributed by atoms with E-state index in [1.165, 1.54) is 6.07 Å². The van der Waals surface area contributed by atoms with Crippen LogP contribution in [0.3, 0.4) is 0 Å². The Labute approximate surface area is 104 Å². The molecule has 3 N–H and O–H groups in total. The van der Waals surface area contributed by atoms with Crippen LogP contribution in [0.1, 0.15) is 11.1 Å². The van der Waals surface area contributed by atoms with E-state index in [4.69, 9.17) is 5.84 Å². The monoisotopic (exact) mass is 245 g/mol. The first-order valence-electron chi connectivity index (χ1n) is 5.63. The summed E-state index contributed by atoms with van der Waals surface area (Å²) in [5.41, 5.74) is 4.77. The number of carbonyl (C=O) groups excluding carboxylic acids is 1. The maximum Gasteiger partial charge on any atom is 0.253 e. The Morgan fingerprint density at radius 1 is 1.39 bits per heavy atom. The lowest BCUT2D eigenvalue weighted by Crippen LogP contribution is -2.33. The van der Waals surface area contributed by atoms with Gasteiger partial charge in [0.15, 0.2) is 5.43 Å². The van der Waals surface area contributed by atoms with Crippen LogP contribution in [0.4, 0.5) is 0 Å². The van der Waals surface area contributed by atoms with Gasteiger partial charge in [0.25, 0.3) is 5.91 Å². The zero-order valence-corrected chi connectivity index (χ0v) is 10.4. The molecule has 18 heavy (non-hydrogen) atoms. The number of rotatable bonds is 2. The normalized spacial score (nSPS) is 10.6. The summed E-state index contributed by atoms with van der Waals surface area (Å²) in [6, 6.07) is 5.32. The number of nitrogens with one attached hydrogen (secondary N) is 1. The number of pyridine rings is 1. The van der Waals surface area contributed by atoms with Gasteiger partial charge in [-0.25, -0.2) is 5.84 Å². The minimum Gasteiger partial charge on any atom is -0.338 e. The molecule has 0 saturated carbocycles. The molecule has 1 aromatic heterocycles. The average Bonchev–Trinajstić information content (AvgIpc) is 2.31. The highest BCUT2D eigenvalue weighted by Crippen LogP contribution is 2.17. The second-order valence-corrected chi connectivity index (χ2v) is 4.35. The van der Waals surface area contributed by atoms with Crippen LogP contribution in [-0.2, 0) is 11.3 Å². The number of carbonyl (C=O) groups is 1. The maximum absolute atomic E-state index is 11.9. The molecule has 1 heterocycles. The number of hydrazine groups is 1. The third-order valence-corrected chi connectivity index (χ3v) is 2.90. The second kappa shape index (κ2) is 4.62. The largest absolute Gasteiger partial charge is 0.338 e. The summed E-state index contributed by atoms with van der Waals surface area (Å²) in [7, 11) is 0. The molecule has 1 amide bonds. The lowest BCUT2D eigenvalue weighted by Gasteiger charge is -2.12. The minimum atomic E-state index is -0.306. The Morgan fingerprint density at radius 2 is 2.11 bits per heavy atom. The van der Waals surface area contributed by atoms with E-state index in [9.17, 15) is 9.59 Å². The third kappa shape index (κ3) is 2.12. The Bertz CT molecular complexity index is 674. The standard InChI is InChI=1S/C13H15N3O2/c1-8-5-9(2)13-10(6-8)16(4-3-11(13)17)7-12(18)15-14/h3-6H,7,14H2,1-2H3,(H,15,18). The van der Waals surface area contributed by atoms with Gasteiger partial charge < -0.3 is 4.57 Å². The number of fused-ring (bicyclic) bond motifs is 1. The highest BCUT2D eigenvalue weighted by Gasteiger charge is 2.08. The van der Waals surface area contributed by atoms with Crippen LogP contribution >= 0.6 is 0 Å². The van der Waals surface area contributed by atoms with E-state index in [0.29, 0.717) is 5.39 Å². The smallest absolute Gasteiger partial charge is 0.253 e. The summed E-state index contributed by atoms with van der Waals surface area (Å²) in [4.78, 5) is 23.2. The van der Waals surface area contributed by atoms with Crippen molar-refractivity contribution in [3.63, 3.8) is 0 Å². The van der Waals surface area contributed by atoms with Crippen molar-refractivity contribution in [3.05, 3.63) is 45.7 Å². The summed E-state index contributed by atoms with van der Waals surface area (Å²) in [6.45, 7) is 3.94. The fourth-order valence-corrected chi connectivity index (χ4v) is 2.15. The first-order valence-corrected chi connectivity index (χ1v) is 5.63. The lowest BCUT2D eigenvalue weighted by atomic mass is 10.1. The number of aryl methyl sites for hydroxylation is 2. The van der Waals surface area contributed by atoms with Crippen molar-refractivity contribution in [2.24, 2.45) is 5.84 Å². The number of nitrogens with zero attached hydrogens (tertiary/aromatic N) is 1. The number of nitrogens with two attached hydrogens (primary N) is 1. The van der Waals surface area contributed by atoms with Crippen LogP contribution in [0.2, 0.25) is 0 Å². The van der Waals surface area contributed by atoms with Gasteiger partial charge >= 0.3 is 0 Å². The number of aromatic nitrogens is 1. The van der Waals surface area contributed by atoms with Crippen molar-refractivity contribution in [2.75, 3.05) is 0 Å². The molecule has 0 atom stereocenters. The number of hydrogen-bond acceptors (Lipinski definition) is 3. The number of amides is 1. The van der Waals surface area contributed by atoms with Gasteiger partial charge in [0.1, 0.15) is 6.54 Å². The van der Waals surface area contributed by atoms with Gasteiger partial charge in [0, 0.05) is 17.6 Å². The molecule has 2 aromatic rings. The Hall–Kier alpha value is -2.14. The van der Waals surface area contributed by atoms with Gasteiger partial charge in [0.2, 0.25) is 0 Å². The van der Waals surface area contributed by atoms with Crippen LogP contribution in [0, 0.1) is 13.8 Å². The quantitative estimate of drug-likeness (QED) is 0.462. The number of hydrogen-bond donors (Lipinski definition) is 2. The van der Waals surface area contributed by atoms with Crippen LogP contribution in [0.5, 0.6) is 0 Å². The van der Waals surface area contributed by atoms with Crippen molar-refractivity contribution in [3.8, 4) is 0 Å². The maximum atomic E-state index is 11.9. The van der Waals surface area contributed by atoms with Gasteiger partial charge in [-0.15, -0.1) is 0 Å². The molecule has 94 valence electrons. The average molecular weight is 245 g/mol. The van der Waals surface area contributed by atoms with Crippen molar-refractivity contribution < 1.29 is 4.79 Å². The molecule has 5 heteroatoms. The Morgan fingerprint density at radius 3 is 2.78 bits per heavy atom. The Kier molecular flexibility index (Phi) is 3.16. The molecule has 0 saturated heterocycles. The van der Waals surface area contributed by atoms with E-state index < -0.39 is 0 Å². The second-order valence-electron chi connectivity index (χ2n) is 4.35. The lowest BCUT2D eigenvalue weighted by molar-refractivity contribution is -0.121. The molecular weight excluding hydrogens is 230 g/mol. The summed E-state index contributed by atoms with van der Waals surface area (Å²) in [5, 5.41) is 0.646. The molecule has 0 spiro atoms. The van der Waals surface area contributed by atoms with Crippen LogP contribution in [0.25, 0.3) is 10.9 Å². The molecule has 5 nitrogen and oxygen atoms in total. The van der Waals surface area contributed by atoms with Crippen molar-refractivity contribution >= 4 is 16.8 Å². The van der Waals surface area contributed by atoms with E-state index >= 15 is 0 Å². The first kappa shape index (κ1) is 12.3. The van der Waals surface area contributed by atoms with Gasteiger partial charge in [-0.05, 0) is 31.0 Å². The summed E-state index contributed by atoms with van der Waals surface area (Å²) in [5.74, 6) is 4.77. The summed E-state index contributed by atoms with van der Waals surface area (Å²) < 4.78 is 1.72. The van der Waals surface area contributed by atoms with Crippen LogP contribution in [-0.4, -0.2) is 10.5 Å². The van der Waals surface area contributed by atoms with Crippen LogP contribution < -0.4 is 16.7 Å². The van der Waals surface area contributed by atoms with Gasteiger partial charge in [-0.2, -0.15) is 0 Å². The molecule has 1 aromatic carbocycles. The predicted octanol–water partition coefficient (Wildman–Crippen LogP) is 0.608. The SMILES string of the molecule is Cc1cc(C)c2c(=O)ccn(CC(=O)NN)c2c1. The summed E-state index contributed by atoms with van der Waals surface area (Å²) >= 11 is 0. The Balaban J connectivity index is 2.72.